The summed E-state index contributed by atoms with van der Waals surface area (Å²) >= 11 is 0. The van der Waals surface area contributed by atoms with Crippen LogP contribution < -0.4 is 5.32 Å². The molecule has 7 atom stereocenters. The highest BCUT2D eigenvalue weighted by molar-refractivity contribution is 5.76. The molecule has 1 rings (SSSR count). The molecule has 1 saturated heterocycles. The van der Waals surface area contributed by atoms with Crippen molar-refractivity contribution < 1.29 is 49.3 Å². The SMILES string of the molecule is CC/C=C/CC/C=C/CC/C=C/C(O)C(COC1OC(CO)C(O)C(O)C1O)NC(=O)CCCCCCCCCCCCCCC/C=C\C/C=C\CCCCCCCCCCCOC(=O)CCCCCCCCC/C=C\CCCCCCCC. The number of allylic oxidation sites excluding steroid dienone is 11. The number of aliphatic hydroxyl groups is 5. The van der Waals surface area contributed by atoms with E-state index in [1.807, 2.05) is 6.08 Å². The lowest BCUT2D eigenvalue weighted by Crippen LogP contribution is -2.60. The van der Waals surface area contributed by atoms with Crippen LogP contribution in [0.4, 0.5) is 0 Å². The number of ether oxygens (including phenoxy) is 3. The van der Waals surface area contributed by atoms with Gasteiger partial charge in [0.2, 0.25) is 5.91 Å². The van der Waals surface area contributed by atoms with Gasteiger partial charge >= 0.3 is 5.97 Å². The fourth-order valence-corrected chi connectivity index (χ4v) is 10.7. The van der Waals surface area contributed by atoms with Crippen LogP contribution in [0.25, 0.3) is 0 Å². The smallest absolute Gasteiger partial charge is 0.305 e. The van der Waals surface area contributed by atoms with Crippen LogP contribution >= 0.6 is 0 Å². The van der Waals surface area contributed by atoms with Crippen molar-refractivity contribution in [2.24, 2.45) is 0 Å². The molecule has 0 saturated carbocycles. The third-order valence-corrected chi connectivity index (χ3v) is 16.3. The number of amides is 1. The number of carbonyl (C=O) groups excluding carboxylic acids is 2. The predicted octanol–water partition coefficient (Wildman–Crippen LogP) is 17.9. The summed E-state index contributed by atoms with van der Waals surface area (Å²) in [4.78, 5) is 25.1. The number of esters is 1. The first-order chi connectivity index (χ1) is 41.2. The number of unbranched alkanes of at least 4 members (excludes halogenated alkanes) is 37. The van der Waals surface area contributed by atoms with Gasteiger partial charge in [-0.05, 0) is 109 Å². The van der Waals surface area contributed by atoms with Crippen molar-refractivity contribution in [2.75, 3.05) is 19.8 Å². The molecule has 7 unspecified atom stereocenters. The fraction of sp³-hybridized carbons (Fsp3) is 0.808. The second-order valence-corrected chi connectivity index (χ2v) is 24.2. The molecule has 0 radical (unpaired) electrons. The van der Waals surface area contributed by atoms with Gasteiger partial charge in [-0.3, -0.25) is 9.59 Å². The lowest BCUT2D eigenvalue weighted by atomic mass is 9.99. The van der Waals surface area contributed by atoms with Crippen LogP contribution in [0.3, 0.4) is 0 Å². The van der Waals surface area contributed by atoms with E-state index in [0.29, 0.717) is 19.4 Å². The normalized spacial score (nSPS) is 18.5. The van der Waals surface area contributed by atoms with Gasteiger partial charge in [0.1, 0.15) is 24.4 Å². The van der Waals surface area contributed by atoms with Gasteiger partial charge in [0, 0.05) is 12.8 Å². The molecule has 0 aliphatic carbocycles. The summed E-state index contributed by atoms with van der Waals surface area (Å²) < 4.78 is 16.7. The Hall–Kier alpha value is -2.90. The van der Waals surface area contributed by atoms with Crippen molar-refractivity contribution in [1.82, 2.24) is 5.32 Å². The van der Waals surface area contributed by atoms with E-state index in [4.69, 9.17) is 14.2 Å². The van der Waals surface area contributed by atoms with E-state index in [-0.39, 0.29) is 18.5 Å². The quantitative estimate of drug-likeness (QED) is 0.0195. The van der Waals surface area contributed by atoms with E-state index >= 15 is 0 Å². The molecular formula is C73H131NO10. The molecule has 1 amide bonds. The lowest BCUT2D eigenvalue weighted by Gasteiger charge is -2.40. The van der Waals surface area contributed by atoms with Gasteiger partial charge in [0.05, 0.1) is 32.0 Å². The average Bonchev–Trinajstić information content (AvgIpc) is 3.36. The van der Waals surface area contributed by atoms with Crippen molar-refractivity contribution in [3.05, 3.63) is 72.9 Å². The Morgan fingerprint density at radius 2 is 0.845 bits per heavy atom. The van der Waals surface area contributed by atoms with Crippen LogP contribution in [0.1, 0.15) is 316 Å². The first-order valence-electron chi connectivity index (χ1n) is 35.2. The minimum atomic E-state index is -1.58. The number of aliphatic hydroxyl groups excluding tert-OH is 5. The zero-order chi connectivity index (χ0) is 60.9. The monoisotopic (exact) mass is 1180 g/mol. The van der Waals surface area contributed by atoms with E-state index in [1.54, 1.807) is 6.08 Å². The number of nitrogens with one attached hydrogen (secondary N) is 1. The highest BCUT2D eigenvalue weighted by atomic mass is 16.7. The Morgan fingerprint density at radius 3 is 1.31 bits per heavy atom. The largest absolute Gasteiger partial charge is 0.466 e. The molecule has 11 heteroatoms. The summed E-state index contributed by atoms with van der Waals surface area (Å²) in [5.41, 5.74) is 0. The minimum Gasteiger partial charge on any atom is -0.466 e. The maximum Gasteiger partial charge on any atom is 0.305 e. The van der Waals surface area contributed by atoms with Gasteiger partial charge < -0.3 is 45.1 Å². The third kappa shape index (κ3) is 50.1. The zero-order valence-electron chi connectivity index (χ0n) is 54.1. The van der Waals surface area contributed by atoms with Gasteiger partial charge in [-0.2, -0.15) is 0 Å². The van der Waals surface area contributed by atoms with Crippen LogP contribution in [0.15, 0.2) is 72.9 Å². The van der Waals surface area contributed by atoms with Crippen molar-refractivity contribution >= 4 is 11.9 Å². The van der Waals surface area contributed by atoms with E-state index in [0.717, 1.165) is 77.0 Å². The summed E-state index contributed by atoms with van der Waals surface area (Å²) in [6.45, 7) is 4.20. The molecule has 488 valence electrons. The van der Waals surface area contributed by atoms with E-state index in [2.05, 4.69) is 79.9 Å². The Balaban J connectivity index is 1.95. The second kappa shape index (κ2) is 61.7. The molecular weight excluding hydrogens is 1050 g/mol. The van der Waals surface area contributed by atoms with Crippen molar-refractivity contribution in [2.45, 2.75) is 358 Å². The minimum absolute atomic E-state index is 0.000957. The van der Waals surface area contributed by atoms with Gasteiger partial charge in [-0.25, -0.2) is 0 Å². The fourth-order valence-electron chi connectivity index (χ4n) is 10.7. The summed E-state index contributed by atoms with van der Waals surface area (Å²) in [6.07, 6.45) is 73.4. The van der Waals surface area contributed by atoms with Crippen LogP contribution in [-0.4, -0.2) is 100 Å². The van der Waals surface area contributed by atoms with Crippen molar-refractivity contribution in [3.63, 3.8) is 0 Å². The van der Waals surface area contributed by atoms with E-state index in [9.17, 15) is 35.1 Å². The highest BCUT2D eigenvalue weighted by Gasteiger charge is 2.44. The topological polar surface area (TPSA) is 175 Å². The van der Waals surface area contributed by atoms with Crippen LogP contribution in [0.5, 0.6) is 0 Å². The van der Waals surface area contributed by atoms with Gasteiger partial charge in [-0.1, -0.05) is 267 Å². The van der Waals surface area contributed by atoms with Gasteiger partial charge in [-0.15, -0.1) is 0 Å². The molecule has 0 aromatic heterocycles. The molecule has 0 aromatic rings. The lowest BCUT2D eigenvalue weighted by molar-refractivity contribution is -0.302. The summed E-state index contributed by atoms with van der Waals surface area (Å²) in [5.74, 6) is -0.201. The first-order valence-corrected chi connectivity index (χ1v) is 35.2. The molecule has 84 heavy (non-hydrogen) atoms. The second-order valence-electron chi connectivity index (χ2n) is 24.2. The first kappa shape index (κ1) is 79.1. The maximum atomic E-state index is 13.0. The molecule has 1 heterocycles. The Kier molecular flexibility index (Phi) is 58.1. The number of carbonyl (C=O) groups is 2. The van der Waals surface area contributed by atoms with Crippen LogP contribution in [-0.2, 0) is 23.8 Å². The number of rotatable bonds is 61. The Bertz CT molecular complexity index is 1630. The number of hydrogen-bond donors (Lipinski definition) is 6. The predicted molar refractivity (Wildman–Crippen MR) is 352 cm³/mol. The summed E-state index contributed by atoms with van der Waals surface area (Å²) in [6, 6.07) is -0.836. The van der Waals surface area contributed by atoms with Crippen LogP contribution in [0.2, 0.25) is 0 Å². The zero-order valence-corrected chi connectivity index (χ0v) is 54.1. The third-order valence-electron chi connectivity index (χ3n) is 16.3. The average molecular weight is 1180 g/mol. The summed E-state index contributed by atoms with van der Waals surface area (Å²) in [5, 5.41) is 54.3. The summed E-state index contributed by atoms with van der Waals surface area (Å²) in [7, 11) is 0. The number of hydrogen-bond acceptors (Lipinski definition) is 10. The van der Waals surface area contributed by atoms with Gasteiger partial charge in [0.15, 0.2) is 6.29 Å². The Labute approximate surface area is 515 Å². The van der Waals surface area contributed by atoms with Crippen LogP contribution in [0, 0.1) is 0 Å². The Morgan fingerprint density at radius 1 is 0.452 bits per heavy atom. The van der Waals surface area contributed by atoms with E-state index < -0.39 is 49.5 Å². The molecule has 1 aliphatic heterocycles. The molecule has 0 aromatic carbocycles. The molecule has 1 fully saturated rings. The van der Waals surface area contributed by atoms with Gasteiger partial charge in [0.25, 0.3) is 0 Å². The van der Waals surface area contributed by atoms with Crippen molar-refractivity contribution in [1.29, 1.82) is 0 Å². The highest BCUT2D eigenvalue weighted by Crippen LogP contribution is 2.23. The molecule has 6 N–H and O–H groups in total. The maximum absolute atomic E-state index is 13.0. The van der Waals surface area contributed by atoms with E-state index in [1.165, 1.54) is 212 Å². The molecule has 11 nitrogen and oxygen atoms in total. The molecule has 1 aliphatic rings. The van der Waals surface area contributed by atoms with Crippen molar-refractivity contribution in [3.8, 4) is 0 Å². The standard InChI is InChI=1S/C73H131NO10/c1-3-5-7-9-11-13-15-16-17-31-35-38-41-45-49-53-57-61-69(78)82-62-58-54-50-46-42-39-36-33-30-28-26-24-22-20-18-19-21-23-25-27-29-32-34-37-40-44-48-52-56-60-68(77)74-65(64-83-73-72(81)71(80)70(79)67(63-75)84-73)66(76)59-55-51-47-43-14-12-10-8-6-4-2/h6,8,14,16-18,20,24,26,43,55,59,65-67,70-73,75-76,79-81H,3-5,7,9-13,15,19,21-23,25,27-42,44-54,56-58,60-64H2,1-2H3,(H,74,77)/b8-6+,17-16-,20-18-,26-24-,43-14+,59-55+. The molecule has 0 spiro atoms. The molecule has 0 bridgehead atoms.